The molecule has 1 aliphatic heterocycles. The molecule has 1 heterocycles. The minimum absolute atomic E-state index is 0.0969. The van der Waals surface area contributed by atoms with Crippen molar-refractivity contribution in [3.8, 4) is 0 Å². The molecule has 3 aromatic carbocycles. The van der Waals surface area contributed by atoms with Crippen molar-refractivity contribution in [2.45, 2.75) is 66.7 Å². The predicted octanol–water partition coefficient (Wildman–Crippen LogP) is 5.41. The molecule has 212 valence electrons. The summed E-state index contributed by atoms with van der Waals surface area (Å²) in [6.07, 6.45) is -2.44. The van der Waals surface area contributed by atoms with Gasteiger partial charge in [-0.3, -0.25) is 4.79 Å². The summed E-state index contributed by atoms with van der Waals surface area (Å²) in [6.45, 7) is 7.94. The van der Waals surface area contributed by atoms with Crippen LogP contribution in [0.1, 0.15) is 43.9 Å². The van der Waals surface area contributed by atoms with Crippen LogP contribution in [0.4, 0.5) is 14.9 Å². The molecule has 0 saturated heterocycles. The van der Waals surface area contributed by atoms with Gasteiger partial charge >= 0.3 is 6.09 Å². The summed E-state index contributed by atoms with van der Waals surface area (Å²) in [5, 5.41) is 0. The monoisotopic (exact) mass is 587 g/mol. The van der Waals surface area contributed by atoms with Crippen LogP contribution >= 0.6 is 0 Å². The normalized spacial score (nSPS) is 17.7. The molecule has 0 N–H and O–H groups in total. The molecule has 0 bridgehead atoms. The fourth-order valence-electron chi connectivity index (χ4n) is 4.77. The first-order valence-corrected chi connectivity index (χ1v) is 15.6. The fraction of sp³-hybridized carbons (Fsp3) is 0.310. The van der Waals surface area contributed by atoms with Crippen LogP contribution in [-0.4, -0.2) is 39.0 Å². The number of ether oxygens (including phenoxy) is 1. The van der Waals surface area contributed by atoms with E-state index < -0.39 is 53.9 Å². The Balaban J connectivity index is 1.95. The standard InChI is InChI=1S/C29H30FNO7S2/c1-19-16-20(2)25-23(17-19)29(30,26(32)31(25)27(33)38-28(3,4)5)18-24(39(34,35)21-12-8-6-9-13-21)40(36,37)22-14-10-7-11-15-22/h6-17,24H,18H2,1-5H3/t29-/m0/s1. The van der Waals surface area contributed by atoms with Gasteiger partial charge in [0.05, 0.1) is 15.5 Å². The van der Waals surface area contributed by atoms with E-state index in [2.05, 4.69) is 0 Å². The van der Waals surface area contributed by atoms with Crippen LogP contribution in [0.2, 0.25) is 0 Å². The number of halogens is 1. The fourth-order valence-corrected chi connectivity index (χ4v) is 9.35. The lowest BCUT2D eigenvalue weighted by molar-refractivity contribution is -0.129. The number of amides is 2. The summed E-state index contributed by atoms with van der Waals surface area (Å²) in [5.74, 6) is -1.41. The van der Waals surface area contributed by atoms with E-state index in [4.69, 9.17) is 4.74 Å². The molecule has 0 aliphatic carbocycles. The van der Waals surface area contributed by atoms with E-state index in [1.807, 2.05) is 0 Å². The Bertz CT molecular complexity index is 1610. The van der Waals surface area contributed by atoms with Gasteiger partial charge in [-0.15, -0.1) is 0 Å². The topological polar surface area (TPSA) is 115 Å². The number of alkyl halides is 1. The molecular weight excluding hydrogens is 557 g/mol. The number of carbonyl (C=O) groups excluding carboxylic acids is 2. The number of carbonyl (C=O) groups is 2. The van der Waals surface area contributed by atoms with Crippen molar-refractivity contribution in [2.24, 2.45) is 0 Å². The Morgan fingerprint density at radius 3 is 1.82 bits per heavy atom. The van der Waals surface area contributed by atoms with E-state index in [1.165, 1.54) is 54.6 Å². The molecule has 0 spiro atoms. The zero-order chi connectivity index (χ0) is 29.7. The predicted molar refractivity (Wildman–Crippen MR) is 148 cm³/mol. The SMILES string of the molecule is Cc1cc(C)c2c(c1)[C@@](F)(CC(S(=O)(=O)c1ccccc1)S(=O)(=O)c1ccccc1)C(=O)N2C(=O)OC(C)(C)C. The number of sulfone groups is 2. The van der Waals surface area contributed by atoms with Crippen LogP contribution in [0.5, 0.6) is 0 Å². The molecule has 4 rings (SSSR count). The molecule has 0 fully saturated rings. The molecule has 1 aliphatic rings. The van der Waals surface area contributed by atoms with Gasteiger partial charge in [0.2, 0.25) is 5.67 Å². The highest BCUT2D eigenvalue weighted by Gasteiger charge is 2.59. The van der Waals surface area contributed by atoms with Crippen molar-refractivity contribution in [1.29, 1.82) is 0 Å². The quantitative estimate of drug-likeness (QED) is 0.379. The zero-order valence-corrected chi connectivity index (χ0v) is 24.3. The Kier molecular flexibility index (Phi) is 7.44. The van der Waals surface area contributed by atoms with Crippen LogP contribution in [0.15, 0.2) is 82.6 Å². The van der Waals surface area contributed by atoms with E-state index >= 15 is 4.39 Å². The van der Waals surface area contributed by atoms with Gasteiger partial charge in [0.1, 0.15) is 5.60 Å². The third kappa shape index (κ3) is 5.15. The first-order valence-electron chi connectivity index (χ1n) is 12.5. The minimum Gasteiger partial charge on any atom is -0.443 e. The zero-order valence-electron chi connectivity index (χ0n) is 22.7. The van der Waals surface area contributed by atoms with E-state index in [1.54, 1.807) is 52.8 Å². The van der Waals surface area contributed by atoms with Gasteiger partial charge in [0, 0.05) is 12.0 Å². The number of aryl methyl sites for hydroxylation is 2. The highest BCUT2D eigenvalue weighted by atomic mass is 32.3. The Labute approximate surface area is 233 Å². The summed E-state index contributed by atoms with van der Waals surface area (Å²) in [4.78, 5) is 26.8. The first-order chi connectivity index (χ1) is 18.5. The van der Waals surface area contributed by atoms with Crippen molar-refractivity contribution >= 4 is 37.4 Å². The molecule has 3 aromatic rings. The van der Waals surface area contributed by atoms with Crippen LogP contribution in [0.3, 0.4) is 0 Å². The van der Waals surface area contributed by atoms with Crippen LogP contribution < -0.4 is 4.90 Å². The van der Waals surface area contributed by atoms with Gasteiger partial charge in [-0.05, 0) is 64.4 Å². The molecule has 1 atom stereocenters. The second-order valence-electron chi connectivity index (χ2n) is 10.7. The molecule has 0 aromatic heterocycles. The lowest BCUT2D eigenvalue weighted by Crippen LogP contribution is -2.46. The lowest BCUT2D eigenvalue weighted by atomic mass is 9.92. The summed E-state index contributed by atoms with van der Waals surface area (Å²) < 4.78 is 75.8. The van der Waals surface area contributed by atoms with Crippen LogP contribution in [0, 0.1) is 13.8 Å². The first kappa shape index (κ1) is 29.4. The molecular formula is C29H30FNO7S2. The summed E-state index contributed by atoms with van der Waals surface area (Å²) in [7, 11) is -9.52. The Morgan fingerprint density at radius 1 is 0.900 bits per heavy atom. The largest absolute Gasteiger partial charge is 0.443 e. The van der Waals surface area contributed by atoms with Crippen molar-refractivity contribution in [3.63, 3.8) is 0 Å². The maximum atomic E-state index is 17.3. The van der Waals surface area contributed by atoms with Crippen molar-refractivity contribution in [3.05, 3.63) is 89.5 Å². The molecule has 0 saturated carbocycles. The summed E-state index contributed by atoms with van der Waals surface area (Å²) in [5.41, 5.74) is -3.71. The molecule has 0 radical (unpaired) electrons. The van der Waals surface area contributed by atoms with E-state index in [-0.39, 0.29) is 21.0 Å². The highest BCUT2D eigenvalue weighted by molar-refractivity contribution is 8.09. The van der Waals surface area contributed by atoms with Gasteiger partial charge in [0.15, 0.2) is 24.3 Å². The number of hydrogen-bond acceptors (Lipinski definition) is 7. The number of fused-ring (bicyclic) bond motifs is 1. The molecule has 8 nitrogen and oxygen atoms in total. The second kappa shape index (κ2) is 10.1. The van der Waals surface area contributed by atoms with E-state index in [0.717, 1.165) is 0 Å². The maximum Gasteiger partial charge on any atom is 0.421 e. The third-order valence-corrected chi connectivity index (χ3v) is 11.6. The Morgan fingerprint density at radius 2 is 1.38 bits per heavy atom. The van der Waals surface area contributed by atoms with Crippen LogP contribution in [-0.2, 0) is 34.9 Å². The van der Waals surface area contributed by atoms with E-state index in [0.29, 0.717) is 16.0 Å². The average molecular weight is 588 g/mol. The molecule has 2 amide bonds. The lowest BCUT2D eigenvalue weighted by Gasteiger charge is -2.27. The minimum atomic E-state index is -4.76. The van der Waals surface area contributed by atoms with Gasteiger partial charge in [-0.2, -0.15) is 0 Å². The summed E-state index contributed by atoms with van der Waals surface area (Å²) >= 11 is 0. The number of rotatable bonds is 6. The van der Waals surface area contributed by atoms with Gasteiger partial charge in [-0.25, -0.2) is 30.9 Å². The van der Waals surface area contributed by atoms with Crippen molar-refractivity contribution in [1.82, 2.24) is 0 Å². The molecule has 0 unspecified atom stereocenters. The smallest absolute Gasteiger partial charge is 0.421 e. The van der Waals surface area contributed by atoms with Gasteiger partial charge < -0.3 is 4.74 Å². The third-order valence-electron chi connectivity index (χ3n) is 6.50. The van der Waals surface area contributed by atoms with Gasteiger partial charge in [-0.1, -0.05) is 54.1 Å². The number of nitrogens with zero attached hydrogens (tertiary/aromatic N) is 1. The average Bonchev–Trinajstić information content (AvgIpc) is 3.09. The number of hydrogen-bond donors (Lipinski definition) is 0. The number of benzene rings is 3. The van der Waals surface area contributed by atoms with Crippen molar-refractivity contribution < 1.29 is 35.6 Å². The number of anilines is 1. The maximum absolute atomic E-state index is 17.3. The Hall–Kier alpha value is -3.57. The second-order valence-corrected chi connectivity index (χ2v) is 15.3. The van der Waals surface area contributed by atoms with E-state index in [9.17, 15) is 26.4 Å². The van der Waals surface area contributed by atoms with Crippen LogP contribution in [0.25, 0.3) is 0 Å². The molecule has 40 heavy (non-hydrogen) atoms. The molecule has 11 heteroatoms. The van der Waals surface area contributed by atoms with Crippen molar-refractivity contribution in [2.75, 3.05) is 4.90 Å². The highest BCUT2D eigenvalue weighted by Crippen LogP contribution is 2.50. The van der Waals surface area contributed by atoms with Gasteiger partial charge in [0.25, 0.3) is 5.91 Å². The summed E-state index contributed by atoms with van der Waals surface area (Å²) in [6, 6.07) is 16.6. The number of imide groups is 1.